The van der Waals surface area contributed by atoms with Crippen LogP contribution in [0.15, 0.2) is 30.3 Å². The number of piperazine rings is 1. The third-order valence-electron chi connectivity index (χ3n) is 3.79. The molecule has 100 valence electrons. The summed E-state index contributed by atoms with van der Waals surface area (Å²) in [5.41, 5.74) is 1.45. The molecule has 0 saturated carbocycles. The first-order valence-electron chi connectivity index (χ1n) is 7.19. The Labute approximate surface area is 111 Å². The molecule has 18 heavy (non-hydrogen) atoms. The van der Waals surface area contributed by atoms with E-state index < -0.39 is 0 Å². The van der Waals surface area contributed by atoms with E-state index in [0.717, 1.165) is 19.0 Å². The molecule has 2 nitrogen and oxygen atoms in total. The van der Waals surface area contributed by atoms with Gasteiger partial charge in [0.1, 0.15) is 0 Å². The van der Waals surface area contributed by atoms with Crippen LogP contribution in [0.3, 0.4) is 0 Å². The van der Waals surface area contributed by atoms with Crippen LogP contribution < -0.4 is 5.32 Å². The van der Waals surface area contributed by atoms with E-state index in [1.807, 2.05) is 0 Å². The SMILES string of the molecule is CC(C)CCN1CC(C)NCC1c1ccccc1. The molecule has 1 aromatic carbocycles. The highest BCUT2D eigenvalue weighted by Gasteiger charge is 2.26. The lowest BCUT2D eigenvalue weighted by Crippen LogP contribution is -2.51. The first-order valence-corrected chi connectivity index (χ1v) is 7.19. The average Bonchev–Trinajstić information content (AvgIpc) is 2.37. The van der Waals surface area contributed by atoms with Gasteiger partial charge < -0.3 is 5.32 Å². The van der Waals surface area contributed by atoms with E-state index in [2.05, 4.69) is 61.3 Å². The van der Waals surface area contributed by atoms with Gasteiger partial charge in [0.05, 0.1) is 0 Å². The van der Waals surface area contributed by atoms with Gasteiger partial charge in [-0.25, -0.2) is 0 Å². The number of benzene rings is 1. The van der Waals surface area contributed by atoms with Crippen LogP contribution in [0.2, 0.25) is 0 Å². The molecule has 0 radical (unpaired) electrons. The molecule has 1 aromatic rings. The third kappa shape index (κ3) is 3.56. The van der Waals surface area contributed by atoms with E-state index in [0.29, 0.717) is 12.1 Å². The molecule has 2 rings (SSSR count). The fourth-order valence-electron chi connectivity index (χ4n) is 2.66. The van der Waals surface area contributed by atoms with Gasteiger partial charge in [-0.3, -0.25) is 4.90 Å². The summed E-state index contributed by atoms with van der Waals surface area (Å²) >= 11 is 0. The monoisotopic (exact) mass is 246 g/mol. The van der Waals surface area contributed by atoms with Crippen molar-refractivity contribution in [3.05, 3.63) is 35.9 Å². The van der Waals surface area contributed by atoms with Crippen LogP contribution in [-0.2, 0) is 0 Å². The molecule has 0 aromatic heterocycles. The molecule has 2 unspecified atom stereocenters. The molecule has 1 N–H and O–H groups in total. The molecule has 0 bridgehead atoms. The van der Waals surface area contributed by atoms with Gasteiger partial charge in [-0.2, -0.15) is 0 Å². The molecule has 2 atom stereocenters. The van der Waals surface area contributed by atoms with Gasteiger partial charge >= 0.3 is 0 Å². The molecule has 0 aliphatic carbocycles. The molecule has 1 saturated heterocycles. The van der Waals surface area contributed by atoms with Crippen LogP contribution >= 0.6 is 0 Å². The fourth-order valence-corrected chi connectivity index (χ4v) is 2.66. The van der Waals surface area contributed by atoms with Crippen LogP contribution in [0, 0.1) is 5.92 Å². The zero-order valence-corrected chi connectivity index (χ0v) is 11.9. The Bertz CT molecular complexity index is 347. The second kappa shape index (κ2) is 6.35. The number of rotatable bonds is 4. The molecule has 1 fully saturated rings. The summed E-state index contributed by atoms with van der Waals surface area (Å²) in [6.07, 6.45) is 1.29. The Morgan fingerprint density at radius 1 is 1.28 bits per heavy atom. The second-order valence-electron chi connectivity index (χ2n) is 5.91. The van der Waals surface area contributed by atoms with E-state index in [1.54, 1.807) is 0 Å². The van der Waals surface area contributed by atoms with Crippen molar-refractivity contribution in [2.24, 2.45) is 5.92 Å². The zero-order valence-electron chi connectivity index (χ0n) is 11.9. The highest BCUT2D eigenvalue weighted by Crippen LogP contribution is 2.24. The van der Waals surface area contributed by atoms with Crippen molar-refractivity contribution < 1.29 is 0 Å². The van der Waals surface area contributed by atoms with Crippen LogP contribution in [-0.4, -0.2) is 30.6 Å². The minimum atomic E-state index is 0.543. The summed E-state index contributed by atoms with van der Waals surface area (Å²) in [6, 6.07) is 12.1. The first-order chi connectivity index (χ1) is 8.66. The Morgan fingerprint density at radius 2 is 2.00 bits per heavy atom. The third-order valence-corrected chi connectivity index (χ3v) is 3.79. The summed E-state index contributed by atoms with van der Waals surface area (Å²) in [5.74, 6) is 0.784. The lowest BCUT2D eigenvalue weighted by atomic mass is 10.00. The van der Waals surface area contributed by atoms with Crippen LogP contribution in [0.5, 0.6) is 0 Å². The maximum atomic E-state index is 3.61. The summed E-state index contributed by atoms with van der Waals surface area (Å²) in [4.78, 5) is 2.65. The van der Waals surface area contributed by atoms with Crippen molar-refractivity contribution in [3.63, 3.8) is 0 Å². The van der Waals surface area contributed by atoms with E-state index in [1.165, 1.54) is 18.5 Å². The number of nitrogens with one attached hydrogen (secondary N) is 1. The topological polar surface area (TPSA) is 15.3 Å². The largest absolute Gasteiger partial charge is 0.311 e. The lowest BCUT2D eigenvalue weighted by molar-refractivity contribution is 0.129. The van der Waals surface area contributed by atoms with Crippen molar-refractivity contribution >= 4 is 0 Å². The molecule has 1 heterocycles. The van der Waals surface area contributed by atoms with Crippen molar-refractivity contribution in [3.8, 4) is 0 Å². The standard InChI is InChI=1S/C16H26N2/c1-13(2)9-10-18-12-14(3)17-11-16(18)15-7-5-4-6-8-15/h4-8,13-14,16-17H,9-12H2,1-3H3. The fraction of sp³-hybridized carbons (Fsp3) is 0.625. The highest BCUT2D eigenvalue weighted by molar-refractivity contribution is 5.20. The lowest BCUT2D eigenvalue weighted by Gasteiger charge is -2.40. The molecule has 1 aliphatic heterocycles. The van der Waals surface area contributed by atoms with E-state index in [-0.39, 0.29) is 0 Å². The Balaban J connectivity index is 2.06. The van der Waals surface area contributed by atoms with Gasteiger partial charge in [0.15, 0.2) is 0 Å². The Hall–Kier alpha value is -0.860. The van der Waals surface area contributed by atoms with Crippen LogP contribution in [0.1, 0.15) is 38.8 Å². The number of hydrogen-bond acceptors (Lipinski definition) is 2. The molecule has 2 heteroatoms. The van der Waals surface area contributed by atoms with Gasteiger partial charge in [-0.05, 0) is 31.4 Å². The molecule has 0 amide bonds. The Morgan fingerprint density at radius 3 is 2.67 bits per heavy atom. The normalized spacial score (nSPS) is 25.6. The van der Waals surface area contributed by atoms with E-state index in [9.17, 15) is 0 Å². The summed E-state index contributed by atoms with van der Waals surface area (Å²) < 4.78 is 0. The van der Waals surface area contributed by atoms with Crippen molar-refractivity contribution in [2.45, 2.75) is 39.3 Å². The zero-order chi connectivity index (χ0) is 13.0. The molecular weight excluding hydrogens is 220 g/mol. The molecule has 0 spiro atoms. The predicted octanol–water partition coefficient (Wildman–Crippen LogP) is 3.07. The predicted molar refractivity (Wildman–Crippen MR) is 77.7 cm³/mol. The van der Waals surface area contributed by atoms with Gasteiger partial charge in [-0.15, -0.1) is 0 Å². The molecular formula is C16H26N2. The first kappa shape index (κ1) is 13.6. The van der Waals surface area contributed by atoms with E-state index >= 15 is 0 Å². The van der Waals surface area contributed by atoms with Gasteiger partial charge in [0.2, 0.25) is 0 Å². The minimum absolute atomic E-state index is 0.543. The highest BCUT2D eigenvalue weighted by atomic mass is 15.2. The summed E-state index contributed by atoms with van der Waals surface area (Å²) in [5, 5.41) is 3.61. The maximum absolute atomic E-state index is 3.61. The number of nitrogens with zero attached hydrogens (tertiary/aromatic N) is 1. The van der Waals surface area contributed by atoms with Gasteiger partial charge in [0, 0.05) is 25.2 Å². The summed E-state index contributed by atoms with van der Waals surface area (Å²) in [6.45, 7) is 10.3. The smallest absolute Gasteiger partial charge is 0.0473 e. The summed E-state index contributed by atoms with van der Waals surface area (Å²) in [7, 11) is 0. The Kier molecular flexibility index (Phi) is 4.79. The van der Waals surface area contributed by atoms with Crippen LogP contribution in [0.4, 0.5) is 0 Å². The minimum Gasteiger partial charge on any atom is -0.311 e. The van der Waals surface area contributed by atoms with Gasteiger partial charge in [0.25, 0.3) is 0 Å². The maximum Gasteiger partial charge on any atom is 0.0473 e. The second-order valence-corrected chi connectivity index (χ2v) is 5.91. The van der Waals surface area contributed by atoms with Crippen molar-refractivity contribution in [2.75, 3.05) is 19.6 Å². The van der Waals surface area contributed by atoms with Gasteiger partial charge in [-0.1, -0.05) is 44.2 Å². The van der Waals surface area contributed by atoms with Crippen molar-refractivity contribution in [1.29, 1.82) is 0 Å². The van der Waals surface area contributed by atoms with E-state index in [4.69, 9.17) is 0 Å². The van der Waals surface area contributed by atoms with Crippen molar-refractivity contribution in [1.82, 2.24) is 10.2 Å². The molecule has 1 aliphatic rings. The number of hydrogen-bond donors (Lipinski definition) is 1. The van der Waals surface area contributed by atoms with Crippen LogP contribution in [0.25, 0.3) is 0 Å². The quantitative estimate of drug-likeness (QED) is 0.878. The average molecular weight is 246 g/mol.